The number of benzene rings is 6. The van der Waals surface area contributed by atoms with Crippen LogP contribution in [0.4, 0.5) is 0 Å². The third-order valence-electron chi connectivity index (χ3n) is 6.72. The van der Waals surface area contributed by atoms with Gasteiger partial charge in [0, 0.05) is 48.9 Å². The normalized spacial score (nSPS) is 11.0. The van der Waals surface area contributed by atoms with Gasteiger partial charge in [-0.3, -0.25) is 9.11 Å². The zero-order chi connectivity index (χ0) is 32.2. The Bertz CT molecular complexity index is 1620. The predicted octanol–water partition coefficient (Wildman–Crippen LogP) is 6.00. The van der Waals surface area contributed by atoms with Gasteiger partial charge in [-0.1, -0.05) is 182 Å². The van der Waals surface area contributed by atoms with Crippen molar-refractivity contribution in [3.8, 4) is 0 Å². The van der Waals surface area contributed by atoms with Crippen LogP contribution >= 0.6 is 14.3 Å². The maximum atomic E-state index is 13.8. The van der Waals surface area contributed by atoms with Gasteiger partial charge >= 0.3 is 10.4 Å². The van der Waals surface area contributed by atoms with E-state index in [4.69, 9.17) is 17.5 Å². The molecule has 6 rings (SSSR count). The van der Waals surface area contributed by atoms with Gasteiger partial charge in [-0.05, 0) is 0 Å². The van der Waals surface area contributed by atoms with E-state index in [9.17, 15) is 9.13 Å². The van der Waals surface area contributed by atoms with Crippen molar-refractivity contribution >= 4 is 56.5 Å². The Hall–Kier alpha value is -3.83. The van der Waals surface area contributed by atoms with Gasteiger partial charge in [0.1, 0.15) is 0 Å². The molecule has 236 valence electrons. The van der Waals surface area contributed by atoms with Gasteiger partial charge in [0.15, 0.2) is 14.3 Å². The summed E-state index contributed by atoms with van der Waals surface area (Å²) in [5.74, 6) is 0. The Labute approximate surface area is 281 Å². The monoisotopic (exact) mass is 710 g/mol. The van der Waals surface area contributed by atoms with Crippen LogP contribution in [0, 0.1) is 0 Å². The second kappa shape index (κ2) is 17.2. The third kappa shape index (κ3) is 9.59. The molecule has 6 nitrogen and oxygen atoms in total. The van der Waals surface area contributed by atoms with Crippen LogP contribution in [-0.2, 0) is 36.6 Å². The Morgan fingerprint density at radius 2 is 0.435 bits per heavy atom. The molecule has 0 fully saturated rings. The molecule has 0 aliphatic heterocycles. The summed E-state index contributed by atoms with van der Waals surface area (Å²) in [5.41, 5.74) is 0. The smallest absolute Gasteiger partial charge is 0.309 e. The van der Waals surface area contributed by atoms with Crippen molar-refractivity contribution in [2.45, 2.75) is 0 Å². The second-order valence-corrected chi connectivity index (χ2v) is 16.1. The Morgan fingerprint density at radius 1 is 0.326 bits per heavy atom. The van der Waals surface area contributed by atoms with Gasteiger partial charge in [0.2, 0.25) is 0 Å². The largest absolute Gasteiger partial charge is 0.394 e. The summed E-state index contributed by atoms with van der Waals surface area (Å²) in [7, 11) is -10.2. The third-order valence-corrected chi connectivity index (χ3v) is 12.9. The molecule has 0 saturated heterocycles. The molecule has 6 aromatic rings. The molecule has 46 heavy (non-hydrogen) atoms. The van der Waals surface area contributed by atoms with E-state index in [-0.39, 0.29) is 17.1 Å². The summed E-state index contributed by atoms with van der Waals surface area (Å²) in [4.78, 5) is 0. The van der Waals surface area contributed by atoms with E-state index < -0.39 is 24.7 Å². The molecule has 0 atom stereocenters. The molecule has 0 aliphatic carbocycles. The molecule has 0 aromatic heterocycles. The average Bonchev–Trinajstić information content (AvgIpc) is 3.09. The van der Waals surface area contributed by atoms with Crippen molar-refractivity contribution < 1.29 is 43.7 Å². The van der Waals surface area contributed by atoms with Crippen LogP contribution < -0.4 is 31.8 Å². The first-order valence-electron chi connectivity index (χ1n) is 13.9. The minimum Gasteiger partial charge on any atom is -0.309 e. The van der Waals surface area contributed by atoms with Crippen LogP contribution in [0.25, 0.3) is 0 Å². The molecule has 0 unspecified atom stereocenters. The van der Waals surface area contributed by atoms with Crippen LogP contribution in [0.2, 0.25) is 0 Å². The molecular formula is C36H32FeO6P2S. The Kier molecular flexibility index (Phi) is 13.7. The van der Waals surface area contributed by atoms with Gasteiger partial charge in [-0.2, -0.15) is 8.42 Å². The number of hydrogen-bond acceptors (Lipinski definition) is 4. The maximum absolute atomic E-state index is 13.8. The Balaban J connectivity index is 0.000000215. The van der Waals surface area contributed by atoms with Crippen molar-refractivity contribution in [1.29, 1.82) is 0 Å². The van der Waals surface area contributed by atoms with Gasteiger partial charge in [-0.25, -0.2) is 0 Å². The van der Waals surface area contributed by atoms with E-state index in [1.807, 2.05) is 182 Å². The minimum absolute atomic E-state index is 0. The van der Waals surface area contributed by atoms with E-state index >= 15 is 0 Å². The van der Waals surface area contributed by atoms with Crippen LogP contribution in [0.15, 0.2) is 182 Å². The molecule has 0 radical (unpaired) electrons. The molecule has 10 heteroatoms. The van der Waals surface area contributed by atoms with Gasteiger partial charge < -0.3 is 9.13 Å². The SMILES string of the molecule is O=P(c1ccccc1)(c1ccccc1)c1ccccc1.O=P(c1ccccc1)(c1ccccc1)c1ccccc1.O=S(=O)(O)O.[Fe]. The molecule has 6 aromatic carbocycles. The molecule has 0 aliphatic rings. The van der Waals surface area contributed by atoms with Crippen LogP contribution in [0.3, 0.4) is 0 Å². The minimum atomic E-state index is -4.67. The van der Waals surface area contributed by atoms with Crippen molar-refractivity contribution in [1.82, 2.24) is 0 Å². The Morgan fingerprint density at radius 3 is 0.543 bits per heavy atom. The quantitative estimate of drug-likeness (QED) is 0.125. The molecule has 0 amide bonds. The van der Waals surface area contributed by atoms with E-state index in [2.05, 4.69) is 0 Å². The first kappa shape index (κ1) is 36.6. The van der Waals surface area contributed by atoms with Crippen LogP contribution in [0.1, 0.15) is 0 Å². The van der Waals surface area contributed by atoms with E-state index in [1.165, 1.54) is 0 Å². The summed E-state index contributed by atoms with van der Waals surface area (Å²) >= 11 is 0. The topological polar surface area (TPSA) is 109 Å². The number of rotatable bonds is 6. The zero-order valence-corrected chi connectivity index (χ0v) is 28.2. The van der Waals surface area contributed by atoms with Gasteiger partial charge in [0.25, 0.3) is 0 Å². The summed E-state index contributed by atoms with van der Waals surface area (Å²) in [6.07, 6.45) is 0. The molecular weight excluding hydrogens is 678 g/mol. The predicted molar refractivity (Wildman–Crippen MR) is 186 cm³/mol. The second-order valence-electron chi connectivity index (χ2n) is 9.68. The van der Waals surface area contributed by atoms with Crippen molar-refractivity contribution in [3.63, 3.8) is 0 Å². The molecule has 0 heterocycles. The van der Waals surface area contributed by atoms with Crippen molar-refractivity contribution in [2.24, 2.45) is 0 Å². The average molecular weight is 711 g/mol. The van der Waals surface area contributed by atoms with Crippen molar-refractivity contribution in [3.05, 3.63) is 182 Å². The number of hydrogen-bond donors (Lipinski definition) is 2. The summed E-state index contributed by atoms with van der Waals surface area (Å²) in [5, 5.41) is 5.24. The van der Waals surface area contributed by atoms with Crippen LogP contribution in [-0.4, -0.2) is 17.5 Å². The molecule has 0 bridgehead atoms. The summed E-state index contributed by atoms with van der Waals surface area (Å²) in [6.45, 7) is 0. The van der Waals surface area contributed by atoms with E-state index in [0.717, 1.165) is 31.8 Å². The first-order valence-corrected chi connectivity index (χ1v) is 18.7. The van der Waals surface area contributed by atoms with Crippen molar-refractivity contribution in [2.75, 3.05) is 0 Å². The van der Waals surface area contributed by atoms with Gasteiger partial charge in [-0.15, -0.1) is 0 Å². The zero-order valence-electron chi connectivity index (χ0n) is 24.5. The standard InChI is InChI=1S/2C18H15OP.Fe.H2O4S/c2*19-20(16-10-4-1-5-11-16,17-12-6-2-7-13-17)18-14-8-3-9-15-18;;1-5(2,3)4/h2*1-15H;;(H2,1,2,3,4). The molecule has 0 saturated carbocycles. The first-order chi connectivity index (χ1) is 21.6. The maximum Gasteiger partial charge on any atom is 0.394 e. The van der Waals surface area contributed by atoms with Gasteiger partial charge in [0.05, 0.1) is 0 Å². The fourth-order valence-electron chi connectivity index (χ4n) is 4.72. The fourth-order valence-corrected chi connectivity index (χ4v) is 10.1. The molecule has 2 N–H and O–H groups in total. The fraction of sp³-hybridized carbons (Fsp3) is 0. The summed E-state index contributed by atoms with van der Waals surface area (Å²) < 4.78 is 59.2. The van der Waals surface area contributed by atoms with E-state index in [0.29, 0.717) is 0 Å². The summed E-state index contributed by atoms with van der Waals surface area (Å²) in [6, 6.07) is 58.3. The van der Waals surface area contributed by atoms with E-state index in [1.54, 1.807) is 0 Å². The molecule has 0 spiro atoms. The van der Waals surface area contributed by atoms with Crippen LogP contribution in [0.5, 0.6) is 0 Å².